The molecule has 0 spiro atoms. The second-order valence-electron chi connectivity index (χ2n) is 7.03. The maximum absolute atomic E-state index is 13.5. The molecule has 6 heteroatoms. The van der Waals surface area contributed by atoms with Gasteiger partial charge in [-0.15, -0.1) is 11.8 Å². The minimum atomic E-state index is -3.63. The summed E-state index contributed by atoms with van der Waals surface area (Å²) in [7, 11) is -1.98. The first-order valence-electron chi connectivity index (χ1n) is 9.46. The standard InChI is InChI=1S/C23H23NO3S2/c1-17-8-11-21(12-9-17)29(25,26)24-15-14-18-16-19(27-2)10-13-22(18)23(24)28-20-6-4-3-5-7-20/h3-13,16,23H,14-15H2,1-2H3. The van der Waals surface area contributed by atoms with E-state index in [0.717, 1.165) is 27.3 Å². The Labute approximate surface area is 176 Å². The molecule has 0 saturated heterocycles. The number of nitrogens with zero attached hydrogens (tertiary/aromatic N) is 1. The number of methoxy groups -OCH3 is 1. The fourth-order valence-corrected chi connectivity index (χ4v) is 6.58. The van der Waals surface area contributed by atoms with E-state index in [0.29, 0.717) is 17.9 Å². The number of sulfonamides is 1. The molecule has 29 heavy (non-hydrogen) atoms. The lowest BCUT2D eigenvalue weighted by Gasteiger charge is -2.36. The molecule has 4 nitrogen and oxygen atoms in total. The number of aryl methyl sites for hydroxylation is 1. The van der Waals surface area contributed by atoms with E-state index in [1.54, 1.807) is 35.3 Å². The van der Waals surface area contributed by atoms with Gasteiger partial charge in [-0.2, -0.15) is 4.31 Å². The molecule has 0 bridgehead atoms. The Bertz CT molecular complexity index is 1100. The highest BCUT2D eigenvalue weighted by Crippen LogP contribution is 2.45. The maximum Gasteiger partial charge on any atom is 0.244 e. The van der Waals surface area contributed by atoms with Crippen molar-refractivity contribution in [2.75, 3.05) is 13.7 Å². The molecule has 0 aromatic heterocycles. The molecule has 3 aromatic carbocycles. The fraction of sp³-hybridized carbons (Fsp3) is 0.217. The van der Waals surface area contributed by atoms with E-state index in [9.17, 15) is 8.42 Å². The van der Waals surface area contributed by atoms with Crippen molar-refractivity contribution >= 4 is 21.8 Å². The van der Waals surface area contributed by atoms with Gasteiger partial charge in [-0.05, 0) is 60.9 Å². The van der Waals surface area contributed by atoms with E-state index in [1.165, 1.54) is 0 Å². The molecule has 1 atom stereocenters. The third-order valence-electron chi connectivity index (χ3n) is 5.10. The summed E-state index contributed by atoms with van der Waals surface area (Å²) >= 11 is 1.56. The van der Waals surface area contributed by atoms with Crippen LogP contribution in [0, 0.1) is 6.92 Å². The second kappa shape index (κ2) is 8.22. The average Bonchev–Trinajstić information content (AvgIpc) is 2.74. The quantitative estimate of drug-likeness (QED) is 0.574. The van der Waals surface area contributed by atoms with Crippen LogP contribution < -0.4 is 4.74 Å². The molecule has 1 aliphatic rings. The lowest BCUT2D eigenvalue weighted by molar-refractivity contribution is 0.379. The molecule has 0 N–H and O–H groups in total. The summed E-state index contributed by atoms with van der Waals surface area (Å²) < 4.78 is 34.0. The first-order chi connectivity index (χ1) is 14.0. The van der Waals surface area contributed by atoms with E-state index < -0.39 is 10.0 Å². The van der Waals surface area contributed by atoms with Crippen molar-refractivity contribution in [2.45, 2.75) is 28.5 Å². The van der Waals surface area contributed by atoms with E-state index in [2.05, 4.69) is 0 Å². The minimum absolute atomic E-state index is 0.332. The first-order valence-corrected chi connectivity index (χ1v) is 11.8. The van der Waals surface area contributed by atoms with Crippen LogP contribution in [0.25, 0.3) is 0 Å². The Balaban J connectivity index is 1.78. The average molecular weight is 426 g/mol. The molecule has 150 valence electrons. The van der Waals surface area contributed by atoms with Gasteiger partial charge in [-0.3, -0.25) is 0 Å². The molecule has 0 radical (unpaired) electrons. The number of rotatable bonds is 5. The Morgan fingerprint density at radius 1 is 1.00 bits per heavy atom. The Hall–Kier alpha value is -2.28. The van der Waals surface area contributed by atoms with Crippen LogP contribution in [0.15, 0.2) is 82.6 Å². The number of hydrogen-bond acceptors (Lipinski definition) is 4. The molecule has 0 saturated carbocycles. The van der Waals surface area contributed by atoms with Crippen LogP contribution in [-0.4, -0.2) is 26.4 Å². The zero-order valence-electron chi connectivity index (χ0n) is 16.4. The van der Waals surface area contributed by atoms with E-state index >= 15 is 0 Å². The van der Waals surface area contributed by atoms with Crippen molar-refractivity contribution in [1.29, 1.82) is 0 Å². The number of benzene rings is 3. The van der Waals surface area contributed by atoms with Crippen LogP contribution in [0.1, 0.15) is 22.1 Å². The summed E-state index contributed by atoms with van der Waals surface area (Å²) in [6.45, 7) is 2.38. The van der Waals surface area contributed by atoms with Gasteiger partial charge in [0.25, 0.3) is 0 Å². The van der Waals surface area contributed by atoms with E-state index in [1.807, 2.05) is 67.6 Å². The van der Waals surface area contributed by atoms with Gasteiger partial charge in [-0.1, -0.05) is 42.0 Å². The van der Waals surface area contributed by atoms with Gasteiger partial charge < -0.3 is 4.74 Å². The van der Waals surface area contributed by atoms with E-state index in [4.69, 9.17) is 4.74 Å². The number of thioether (sulfide) groups is 1. The lowest BCUT2D eigenvalue weighted by atomic mass is 10.0. The molecule has 4 rings (SSSR count). The van der Waals surface area contributed by atoms with Crippen molar-refractivity contribution in [3.8, 4) is 5.75 Å². The molecule has 1 heterocycles. The third kappa shape index (κ3) is 4.06. The Morgan fingerprint density at radius 3 is 2.41 bits per heavy atom. The molecular formula is C23H23NO3S2. The third-order valence-corrected chi connectivity index (χ3v) is 8.39. The van der Waals surface area contributed by atoms with Crippen molar-refractivity contribution in [3.63, 3.8) is 0 Å². The highest BCUT2D eigenvalue weighted by molar-refractivity contribution is 8.00. The van der Waals surface area contributed by atoms with Crippen molar-refractivity contribution in [3.05, 3.63) is 89.5 Å². The van der Waals surface area contributed by atoms with Gasteiger partial charge in [-0.25, -0.2) is 8.42 Å². The number of hydrogen-bond donors (Lipinski definition) is 0. The number of ether oxygens (including phenoxy) is 1. The van der Waals surface area contributed by atoms with Crippen LogP contribution in [0.4, 0.5) is 0 Å². The van der Waals surface area contributed by atoms with Gasteiger partial charge >= 0.3 is 0 Å². The summed E-state index contributed by atoms with van der Waals surface area (Å²) in [6, 6.07) is 22.9. The first kappa shape index (κ1) is 20.0. The molecule has 0 aliphatic carbocycles. The zero-order valence-corrected chi connectivity index (χ0v) is 18.0. The molecule has 3 aromatic rings. The Kier molecular flexibility index (Phi) is 5.67. The van der Waals surface area contributed by atoms with Crippen molar-refractivity contribution in [1.82, 2.24) is 4.31 Å². The highest BCUT2D eigenvalue weighted by Gasteiger charge is 2.37. The zero-order chi connectivity index (χ0) is 20.4. The summed E-state index contributed by atoms with van der Waals surface area (Å²) in [5.41, 5.74) is 3.19. The van der Waals surface area contributed by atoms with Gasteiger partial charge in [0.15, 0.2) is 0 Å². The maximum atomic E-state index is 13.5. The smallest absolute Gasteiger partial charge is 0.244 e. The molecular weight excluding hydrogens is 402 g/mol. The fourth-order valence-electron chi connectivity index (χ4n) is 3.51. The SMILES string of the molecule is COc1ccc2c(c1)CCN(S(=O)(=O)c1ccc(C)cc1)C2Sc1ccccc1. The van der Waals surface area contributed by atoms with Crippen molar-refractivity contribution < 1.29 is 13.2 Å². The lowest BCUT2D eigenvalue weighted by Crippen LogP contribution is -2.38. The van der Waals surface area contributed by atoms with Gasteiger partial charge in [0, 0.05) is 11.4 Å². The van der Waals surface area contributed by atoms with Gasteiger partial charge in [0.2, 0.25) is 10.0 Å². The molecule has 0 fully saturated rings. The van der Waals surface area contributed by atoms with Crippen LogP contribution >= 0.6 is 11.8 Å². The van der Waals surface area contributed by atoms with Crippen LogP contribution in [0.2, 0.25) is 0 Å². The predicted molar refractivity (Wildman–Crippen MR) is 117 cm³/mol. The summed E-state index contributed by atoms with van der Waals surface area (Å²) in [4.78, 5) is 1.36. The largest absolute Gasteiger partial charge is 0.497 e. The summed E-state index contributed by atoms with van der Waals surface area (Å²) in [5.74, 6) is 0.794. The normalized spacial score (nSPS) is 17.0. The Morgan fingerprint density at radius 2 is 1.72 bits per heavy atom. The molecule has 0 amide bonds. The molecule has 1 unspecified atom stereocenters. The van der Waals surface area contributed by atoms with Crippen molar-refractivity contribution in [2.24, 2.45) is 0 Å². The van der Waals surface area contributed by atoms with Crippen LogP contribution in [0.3, 0.4) is 0 Å². The molecule has 1 aliphatic heterocycles. The predicted octanol–water partition coefficient (Wildman–Crippen LogP) is 5.04. The van der Waals surface area contributed by atoms with E-state index in [-0.39, 0.29) is 5.37 Å². The highest BCUT2D eigenvalue weighted by atomic mass is 32.2. The second-order valence-corrected chi connectivity index (χ2v) is 10.1. The monoisotopic (exact) mass is 425 g/mol. The van der Waals surface area contributed by atoms with Gasteiger partial charge in [0.05, 0.1) is 12.0 Å². The summed E-state index contributed by atoms with van der Waals surface area (Å²) in [6.07, 6.45) is 0.656. The van der Waals surface area contributed by atoms with Crippen LogP contribution in [0.5, 0.6) is 5.75 Å². The van der Waals surface area contributed by atoms with Gasteiger partial charge in [0.1, 0.15) is 11.1 Å². The van der Waals surface area contributed by atoms with Crippen LogP contribution in [-0.2, 0) is 16.4 Å². The summed E-state index contributed by atoms with van der Waals surface area (Å²) in [5, 5.41) is -0.335. The number of fused-ring (bicyclic) bond motifs is 1. The minimum Gasteiger partial charge on any atom is -0.497 e. The topological polar surface area (TPSA) is 46.6 Å².